The summed E-state index contributed by atoms with van der Waals surface area (Å²) in [7, 11) is -0.480. The van der Waals surface area contributed by atoms with Gasteiger partial charge >= 0.3 is 0 Å². The summed E-state index contributed by atoms with van der Waals surface area (Å²) in [6.07, 6.45) is 9.53. The minimum Gasteiger partial charge on any atom is -0.298 e. The first-order valence-electron chi connectivity index (χ1n) is 16.5. The van der Waals surface area contributed by atoms with Gasteiger partial charge in [0.2, 0.25) is 0 Å². The molecule has 9 rings (SSSR count). The van der Waals surface area contributed by atoms with Crippen LogP contribution in [0, 0.1) is 5.92 Å². The van der Waals surface area contributed by atoms with E-state index in [2.05, 4.69) is 151 Å². The molecule has 0 aliphatic heterocycles. The Morgan fingerprint density at radius 1 is 0.617 bits per heavy atom. The Bertz CT molecular complexity index is 2460. The second kappa shape index (κ2) is 11.6. The van der Waals surface area contributed by atoms with Crippen molar-refractivity contribution in [2.24, 2.45) is 5.92 Å². The fourth-order valence-corrected chi connectivity index (χ4v) is 9.99. The van der Waals surface area contributed by atoms with Crippen molar-refractivity contribution in [3.05, 3.63) is 152 Å². The van der Waals surface area contributed by atoms with Crippen LogP contribution >= 0.6 is 7.92 Å². The number of benzene rings is 5. The fourth-order valence-electron chi connectivity index (χ4n) is 7.24. The van der Waals surface area contributed by atoms with Gasteiger partial charge in [-0.15, -0.1) is 0 Å². The van der Waals surface area contributed by atoms with Crippen LogP contribution < -0.4 is 10.6 Å². The molecule has 226 valence electrons. The molecule has 3 heterocycles. The number of nitrogens with zero attached hydrogens (tertiary/aromatic N) is 3. The van der Waals surface area contributed by atoms with E-state index in [1.807, 2.05) is 12.1 Å². The molecular weight excluding hydrogens is 589 g/mol. The molecule has 0 radical (unpaired) electrons. The van der Waals surface area contributed by atoms with Crippen LogP contribution in [-0.4, -0.2) is 20.0 Å². The van der Waals surface area contributed by atoms with Gasteiger partial charge in [-0.2, -0.15) is 0 Å². The normalized spacial score (nSPS) is 17.1. The molecule has 3 nitrogen and oxygen atoms in total. The molecule has 4 heteroatoms. The SMILES string of the molecule is C[C@H]1C=CC(P(c2ccccc2)c2ccc3cc(-c4cccc(-c5nc6ccccc6c6nc7ccccn7c56)c4)ccc3c2)CC1. The number of allylic oxidation sites excluding steroid dienone is 2. The van der Waals surface area contributed by atoms with Gasteiger partial charge in [0.1, 0.15) is 11.2 Å². The number of rotatable bonds is 5. The number of para-hydroxylation sites is 1. The lowest BCUT2D eigenvalue weighted by Gasteiger charge is -2.30. The number of imidazole rings is 1. The molecule has 3 atom stereocenters. The Morgan fingerprint density at radius 3 is 2.30 bits per heavy atom. The maximum Gasteiger partial charge on any atom is 0.137 e. The van der Waals surface area contributed by atoms with Gasteiger partial charge in [-0.25, -0.2) is 9.97 Å². The lowest BCUT2D eigenvalue weighted by Crippen LogP contribution is -2.22. The molecule has 2 unspecified atom stereocenters. The second-order valence-electron chi connectivity index (χ2n) is 12.8. The molecule has 0 saturated heterocycles. The van der Waals surface area contributed by atoms with Crippen molar-refractivity contribution in [1.82, 2.24) is 14.4 Å². The Hall–Kier alpha value is -5.11. The minimum atomic E-state index is -0.480. The second-order valence-corrected chi connectivity index (χ2v) is 15.2. The zero-order valence-corrected chi connectivity index (χ0v) is 27.2. The third-order valence-electron chi connectivity index (χ3n) is 9.66. The molecule has 0 N–H and O–H groups in total. The smallest absolute Gasteiger partial charge is 0.137 e. The van der Waals surface area contributed by atoms with Crippen molar-refractivity contribution in [3.63, 3.8) is 0 Å². The molecule has 0 fully saturated rings. The van der Waals surface area contributed by atoms with E-state index >= 15 is 0 Å². The number of hydrogen-bond donors (Lipinski definition) is 0. The van der Waals surface area contributed by atoms with Gasteiger partial charge in [0.05, 0.1) is 16.7 Å². The summed E-state index contributed by atoms with van der Waals surface area (Å²) in [6.45, 7) is 2.33. The highest BCUT2D eigenvalue weighted by molar-refractivity contribution is 7.73. The molecule has 1 aliphatic carbocycles. The van der Waals surface area contributed by atoms with E-state index < -0.39 is 7.92 Å². The molecule has 0 amide bonds. The van der Waals surface area contributed by atoms with Crippen molar-refractivity contribution in [1.29, 1.82) is 0 Å². The zero-order valence-electron chi connectivity index (χ0n) is 26.3. The summed E-state index contributed by atoms with van der Waals surface area (Å²) in [5.74, 6) is 0.676. The van der Waals surface area contributed by atoms with E-state index in [0.29, 0.717) is 11.6 Å². The van der Waals surface area contributed by atoms with Gasteiger partial charge in [0.25, 0.3) is 0 Å². The van der Waals surface area contributed by atoms with Crippen molar-refractivity contribution in [3.8, 4) is 22.4 Å². The number of pyridine rings is 2. The van der Waals surface area contributed by atoms with Gasteiger partial charge < -0.3 is 0 Å². The van der Waals surface area contributed by atoms with E-state index in [4.69, 9.17) is 9.97 Å². The quantitative estimate of drug-likeness (QED) is 0.141. The number of fused-ring (bicyclic) bond motifs is 6. The van der Waals surface area contributed by atoms with Crippen LogP contribution in [0.2, 0.25) is 0 Å². The van der Waals surface area contributed by atoms with Gasteiger partial charge in [-0.3, -0.25) is 4.40 Å². The molecule has 0 saturated carbocycles. The molecule has 8 aromatic rings. The van der Waals surface area contributed by atoms with E-state index in [0.717, 1.165) is 38.8 Å². The van der Waals surface area contributed by atoms with Crippen molar-refractivity contribution < 1.29 is 0 Å². The summed E-state index contributed by atoms with van der Waals surface area (Å²) >= 11 is 0. The average Bonchev–Trinajstić information content (AvgIpc) is 3.53. The zero-order chi connectivity index (χ0) is 31.3. The number of hydrogen-bond acceptors (Lipinski definition) is 2. The van der Waals surface area contributed by atoms with Crippen molar-refractivity contribution in [2.45, 2.75) is 25.4 Å². The van der Waals surface area contributed by atoms with E-state index in [9.17, 15) is 0 Å². The van der Waals surface area contributed by atoms with Gasteiger partial charge in [0, 0.05) is 22.8 Å². The highest BCUT2D eigenvalue weighted by atomic mass is 31.1. The van der Waals surface area contributed by atoms with Gasteiger partial charge in [-0.1, -0.05) is 116 Å². The summed E-state index contributed by atoms with van der Waals surface area (Å²) in [5, 5.41) is 6.55. The van der Waals surface area contributed by atoms with Crippen LogP contribution in [0.4, 0.5) is 0 Å². The van der Waals surface area contributed by atoms with E-state index in [1.165, 1.54) is 45.4 Å². The molecule has 0 bridgehead atoms. The third kappa shape index (κ3) is 5.03. The van der Waals surface area contributed by atoms with Gasteiger partial charge in [-0.05, 0) is 95.6 Å². The van der Waals surface area contributed by atoms with Crippen LogP contribution in [0.15, 0.2) is 152 Å². The first-order valence-corrected chi connectivity index (χ1v) is 17.9. The topological polar surface area (TPSA) is 30.2 Å². The van der Waals surface area contributed by atoms with Crippen LogP contribution in [0.3, 0.4) is 0 Å². The lowest BCUT2D eigenvalue weighted by atomic mass is 9.98. The third-order valence-corrected chi connectivity index (χ3v) is 12.4. The highest BCUT2D eigenvalue weighted by Crippen LogP contribution is 2.45. The van der Waals surface area contributed by atoms with Crippen molar-refractivity contribution >= 4 is 56.9 Å². The predicted octanol–water partition coefficient (Wildman–Crippen LogP) is 10.3. The highest BCUT2D eigenvalue weighted by Gasteiger charge is 2.25. The van der Waals surface area contributed by atoms with Crippen LogP contribution in [0.5, 0.6) is 0 Å². The Balaban J connectivity index is 1.12. The summed E-state index contributed by atoms with van der Waals surface area (Å²) < 4.78 is 2.17. The molecule has 5 aromatic carbocycles. The van der Waals surface area contributed by atoms with Gasteiger partial charge in [0.15, 0.2) is 0 Å². The van der Waals surface area contributed by atoms with E-state index in [1.54, 1.807) is 0 Å². The molecule has 1 aliphatic rings. The monoisotopic (exact) mass is 623 g/mol. The summed E-state index contributed by atoms with van der Waals surface area (Å²) in [4.78, 5) is 10.2. The molecule has 0 spiro atoms. The average molecular weight is 624 g/mol. The minimum absolute atomic E-state index is 0.480. The fraction of sp³-hybridized carbons (Fsp3) is 0.116. The predicted molar refractivity (Wildman–Crippen MR) is 200 cm³/mol. The van der Waals surface area contributed by atoms with E-state index in [-0.39, 0.29) is 0 Å². The van der Waals surface area contributed by atoms with Crippen LogP contribution in [0.1, 0.15) is 19.8 Å². The number of aromatic nitrogens is 3. The Labute approximate surface area is 276 Å². The van der Waals surface area contributed by atoms with Crippen LogP contribution in [0.25, 0.3) is 60.7 Å². The lowest BCUT2D eigenvalue weighted by molar-refractivity contribution is 0.589. The molecule has 3 aromatic heterocycles. The Morgan fingerprint density at radius 2 is 1.40 bits per heavy atom. The maximum atomic E-state index is 5.21. The first kappa shape index (κ1) is 28.1. The maximum absolute atomic E-state index is 5.21. The summed E-state index contributed by atoms with van der Waals surface area (Å²) in [6, 6.07) is 48.5. The van der Waals surface area contributed by atoms with Crippen molar-refractivity contribution in [2.75, 3.05) is 0 Å². The molecular formula is C43H34N3P. The largest absolute Gasteiger partial charge is 0.298 e. The van der Waals surface area contributed by atoms with Crippen LogP contribution in [-0.2, 0) is 0 Å². The molecule has 47 heavy (non-hydrogen) atoms. The summed E-state index contributed by atoms with van der Waals surface area (Å²) in [5.41, 5.74) is 8.90. The first-order chi connectivity index (χ1) is 23.2. The Kier molecular flexibility index (Phi) is 6.95. The standard InChI is InChI=1S/C43H34N3P/c1-29-17-22-36(23-18-29)47(35-12-3-2-4-13-35)37-24-21-32-26-31(19-20-33(32)28-37)30-10-9-11-34(27-30)41-43-42(38-14-5-6-15-39(38)44-41)45-40-16-7-8-25-46(40)43/h2-17,19-22,24-29,36H,18,23H2,1H3/t29-,36?,47?/m0/s1.